The third-order valence-electron chi connectivity index (χ3n) is 10.0. The molecule has 0 saturated heterocycles. The van der Waals surface area contributed by atoms with Crippen molar-refractivity contribution in [3.63, 3.8) is 0 Å². The van der Waals surface area contributed by atoms with Crippen LogP contribution in [0, 0.1) is 0 Å². The summed E-state index contributed by atoms with van der Waals surface area (Å²) in [6.45, 7) is 4.66. The molecule has 9 rings (SSSR count). The Hall–Kier alpha value is -6.52. The minimum absolute atomic E-state index is 0.0444. The molecule has 0 aliphatic heterocycles. The minimum atomic E-state index is -0.0444. The van der Waals surface area contributed by atoms with Crippen molar-refractivity contribution in [1.82, 2.24) is 19.9 Å². The summed E-state index contributed by atoms with van der Waals surface area (Å²) in [5.74, 6) is 1.90. The van der Waals surface area contributed by atoms with Gasteiger partial charge in [-0.25, -0.2) is 15.0 Å². The molecule has 0 saturated carbocycles. The summed E-state index contributed by atoms with van der Waals surface area (Å²) in [7, 11) is 0. The van der Waals surface area contributed by atoms with E-state index in [0.717, 1.165) is 38.9 Å². The predicted molar refractivity (Wildman–Crippen MR) is 208 cm³/mol. The molecule has 0 spiro atoms. The van der Waals surface area contributed by atoms with Crippen LogP contribution in [0.4, 0.5) is 0 Å². The summed E-state index contributed by atoms with van der Waals surface area (Å²) in [6, 6.07) is 55.4. The van der Waals surface area contributed by atoms with E-state index in [1.165, 1.54) is 33.4 Å². The zero-order valence-electron chi connectivity index (χ0n) is 28.5. The van der Waals surface area contributed by atoms with Crippen LogP contribution in [0.15, 0.2) is 170 Å². The summed E-state index contributed by atoms with van der Waals surface area (Å²) < 4.78 is 0. The quantitative estimate of drug-likeness (QED) is 0.179. The highest BCUT2D eigenvalue weighted by Crippen LogP contribution is 2.52. The highest BCUT2D eigenvalue weighted by atomic mass is 15.0. The van der Waals surface area contributed by atoms with E-state index in [0.29, 0.717) is 17.5 Å². The Balaban J connectivity index is 1.11. The molecule has 242 valence electrons. The number of pyridine rings is 1. The van der Waals surface area contributed by atoms with Gasteiger partial charge in [-0.2, -0.15) is 0 Å². The second-order valence-electron chi connectivity index (χ2n) is 13.6. The molecule has 4 nitrogen and oxygen atoms in total. The predicted octanol–water partition coefficient (Wildman–Crippen LogP) is 11.6. The Labute approximate surface area is 298 Å². The first-order valence-electron chi connectivity index (χ1n) is 17.3. The fourth-order valence-corrected chi connectivity index (χ4v) is 7.39. The second-order valence-corrected chi connectivity index (χ2v) is 13.6. The lowest BCUT2D eigenvalue weighted by atomic mass is 9.82. The fraction of sp³-hybridized carbons (Fsp3) is 0.0638. The lowest BCUT2D eigenvalue weighted by Gasteiger charge is -2.21. The summed E-state index contributed by atoms with van der Waals surface area (Å²) in [4.78, 5) is 19.3. The van der Waals surface area contributed by atoms with Gasteiger partial charge in [-0.3, -0.25) is 4.98 Å². The second kappa shape index (κ2) is 12.4. The maximum atomic E-state index is 5.04. The number of fused-ring (bicyclic) bond motifs is 3. The Morgan fingerprint density at radius 2 is 0.882 bits per heavy atom. The van der Waals surface area contributed by atoms with Crippen LogP contribution >= 0.6 is 0 Å². The molecule has 1 aliphatic carbocycles. The highest BCUT2D eigenvalue weighted by molar-refractivity contribution is 5.93. The minimum Gasteiger partial charge on any atom is -0.264 e. The van der Waals surface area contributed by atoms with Crippen LogP contribution in [-0.4, -0.2) is 19.9 Å². The van der Waals surface area contributed by atoms with Gasteiger partial charge in [0.15, 0.2) is 17.5 Å². The van der Waals surface area contributed by atoms with Crippen LogP contribution in [-0.2, 0) is 5.41 Å². The van der Waals surface area contributed by atoms with Gasteiger partial charge in [0.2, 0.25) is 0 Å². The Bertz CT molecular complexity index is 2540. The highest BCUT2D eigenvalue weighted by Gasteiger charge is 2.36. The van der Waals surface area contributed by atoms with E-state index >= 15 is 0 Å². The molecular formula is C47H34N4. The van der Waals surface area contributed by atoms with Crippen LogP contribution in [0.25, 0.3) is 78.7 Å². The molecule has 0 atom stereocenters. The first kappa shape index (κ1) is 30.5. The van der Waals surface area contributed by atoms with E-state index in [-0.39, 0.29) is 5.41 Å². The Morgan fingerprint density at radius 1 is 0.373 bits per heavy atom. The molecule has 0 bridgehead atoms. The van der Waals surface area contributed by atoms with E-state index in [4.69, 9.17) is 15.0 Å². The number of benzene rings is 6. The van der Waals surface area contributed by atoms with Gasteiger partial charge in [-0.1, -0.05) is 153 Å². The lowest BCUT2D eigenvalue weighted by Crippen LogP contribution is -2.14. The first-order chi connectivity index (χ1) is 25.0. The van der Waals surface area contributed by atoms with E-state index in [1.807, 2.05) is 42.6 Å². The largest absolute Gasteiger partial charge is 0.264 e. The maximum Gasteiger partial charge on any atom is 0.164 e. The molecule has 51 heavy (non-hydrogen) atoms. The molecule has 2 aromatic heterocycles. The molecule has 4 heteroatoms. The zero-order valence-corrected chi connectivity index (χ0v) is 28.5. The zero-order chi connectivity index (χ0) is 34.4. The molecule has 0 amide bonds. The number of hydrogen-bond acceptors (Lipinski definition) is 4. The number of rotatable bonds is 6. The average molecular weight is 655 g/mol. The maximum absolute atomic E-state index is 5.04. The van der Waals surface area contributed by atoms with Crippen LogP contribution in [0.3, 0.4) is 0 Å². The van der Waals surface area contributed by atoms with Crippen LogP contribution < -0.4 is 0 Å². The summed E-state index contributed by atoms with van der Waals surface area (Å²) in [5, 5.41) is 0. The number of aromatic nitrogens is 4. The first-order valence-corrected chi connectivity index (χ1v) is 17.3. The Kier molecular flexibility index (Phi) is 7.44. The van der Waals surface area contributed by atoms with E-state index in [1.54, 1.807) is 6.20 Å². The van der Waals surface area contributed by atoms with Gasteiger partial charge >= 0.3 is 0 Å². The van der Waals surface area contributed by atoms with Gasteiger partial charge in [0.05, 0.1) is 0 Å². The van der Waals surface area contributed by atoms with Crippen molar-refractivity contribution < 1.29 is 0 Å². The van der Waals surface area contributed by atoms with E-state index in [9.17, 15) is 0 Å². The monoisotopic (exact) mass is 654 g/mol. The molecule has 2 heterocycles. The van der Waals surface area contributed by atoms with E-state index in [2.05, 4.69) is 140 Å². The van der Waals surface area contributed by atoms with Crippen molar-refractivity contribution in [2.75, 3.05) is 0 Å². The van der Waals surface area contributed by atoms with Crippen molar-refractivity contribution >= 4 is 0 Å². The van der Waals surface area contributed by atoms with Crippen LogP contribution in [0.2, 0.25) is 0 Å². The average Bonchev–Trinajstić information content (AvgIpc) is 3.44. The number of hydrogen-bond donors (Lipinski definition) is 0. The standard InChI is InChI=1S/C47H34N4/c1-47(2)41-21-7-6-19-40(41)43-39(20-10-22-42(43)47)36-16-8-14-34(28-36)35-15-9-17-37(29-35)46-50-44(32-12-4-3-5-13-32)49-45(51-46)33-25-23-31(24-26-33)38-18-11-27-48-30-38/h3-30H,1-2H3. The van der Waals surface area contributed by atoms with Crippen molar-refractivity contribution in [2.24, 2.45) is 0 Å². The van der Waals surface area contributed by atoms with Crippen molar-refractivity contribution in [1.29, 1.82) is 0 Å². The molecule has 8 aromatic rings. The van der Waals surface area contributed by atoms with Crippen LogP contribution in [0.1, 0.15) is 25.0 Å². The lowest BCUT2D eigenvalue weighted by molar-refractivity contribution is 0.660. The molecule has 0 unspecified atom stereocenters. The third-order valence-corrected chi connectivity index (χ3v) is 10.0. The number of nitrogens with zero attached hydrogens (tertiary/aromatic N) is 4. The third kappa shape index (κ3) is 5.51. The van der Waals surface area contributed by atoms with Gasteiger partial charge in [-0.05, 0) is 73.8 Å². The topological polar surface area (TPSA) is 51.6 Å². The molecular weight excluding hydrogens is 621 g/mol. The van der Waals surface area contributed by atoms with Gasteiger partial charge in [-0.15, -0.1) is 0 Å². The summed E-state index contributed by atoms with van der Waals surface area (Å²) in [5.41, 5.74) is 15.0. The van der Waals surface area contributed by atoms with E-state index < -0.39 is 0 Å². The van der Waals surface area contributed by atoms with Gasteiger partial charge < -0.3 is 0 Å². The van der Waals surface area contributed by atoms with Gasteiger partial charge in [0, 0.05) is 34.5 Å². The van der Waals surface area contributed by atoms with Gasteiger partial charge in [0.1, 0.15) is 0 Å². The Morgan fingerprint density at radius 3 is 1.61 bits per heavy atom. The molecule has 0 fully saturated rings. The molecule has 0 radical (unpaired) electrons. The van der Waals surface area contributed by atoms with Crippen molar-refractivity contribution in [3.05, 3.63) is 181 Å². The van der Waals surface area contributed by atoms with Crippen LogP contribution in [0.5, 0.6) is 0 Å². The van der Waals surface area contributed by atoms with Gasteiger partial charge in [0.25, 0.3) is 0 Å². The summed E-state index contributed by atoms with van der Waals surface area (Å²) >= 11 is 0. The van der Waals surface area contributed by atoms with Crippen molar-refractivity contribution in [3.8, 4) is 78.7 Å². The molecule has 0 N–H and O–H groups in total. The fourth-order valence-electron chi connectivity index (χ4n) is 7.39. The smallest absolute Gasteiger partial charge is 0.164 e. The molecule has 6 aromatic carbocycles. The normalized spacial score (nSPS) is 12.7. The van der Waals surface area contributed by atoms with Crippen molar-refractivity contribution in [2.45, 2.75) is 19.3 Å². The molecule has 1 aliphatic rings. The summed E-state index contributed by atoms with van der Waals surface area (Å²) in [6.07, 6.45) is 3.66. The SMILES string of the molecule is CC1(C)c2ccccc2-c2c(-c3cccc(-c4cccc(-c5nc(-c6ccccc6)nc(-c6ccc(-c7cccnc7)cc6)n5)c4)c3)cccc21.